The third-order valence-electron chi connectivity index (χ3n) is 3.01. The van der Waals surface area contributed by atoms with Gasteiger partial charge in [-0.1, -0.05) is 32.3 Å². The highest BCUT2D eigenvalue weighted by atomic mass is 32.2. The molecule has 0 radical (unpaired) electrons. The molecule has 0 heterocycles. The maximum absolute atomic E-state index is 13.3. The monoisotopic (exact) mass is 302 g/mol. The lowest BCUT2D eigenvalue weighted by atomic mass is 10.2. The summed E-state index contributed by atoms with van der Waals surface area (Å²) >= 11 is 0. The molecule has 1 aromatic rings. The van der Waals surface area contributed by atoms with Crippen molar-refractivity contribution in [3.8, 4) is 0 Å². The van der Waals surface area contributed by atoms with Crippen molar-refractivity contribution in [2.45, 2.75) is 44.0 Å². The van der Waals surface area contributed by atoms with Crippen LogP contribution < -0.4 is 10.0 Å². The van der Waals surface area contributed by atoms with E-state index in [2.05, 4.69) is 17.0 Å². The van der Waals surface area contributed by atoms with Crippen molar-refractivity contribution >= 4 is 10.0 Å². The molecule has 6 heteroatoms. The molecule has 0 unspecified atom stereocenters. The van der Waals surface area contributed by atoms with Gasteiger partial charge in [-0.2, -0.15) is 0 Å². The quantitative estimate of drug-likeness (QED) is 0.689. The molecule has 4 nitrogen and oxygen atoms in total. The van der Waals surface area contributed by atoms with Gasteiger partial charge in [0.1, 0.15) is 5.82 Å². The summed E-state index contributed by atoms with van der Waals surface area (Å²) in [6.07, 6.45) is 3.98. The summed E-state index contributed by atoms with van der Waals surface area (Å²) < 4.78 is 40.2. The van der Waals surface area contributed by atoms with Gasteiger partial charge in [0.2, 0.25) is 10.0 Å². The first-order chi connectivity index (χ1) is 9.51. The highest BCUT2D eigenvalue weighted by Gasteiger charge is 2.18. The molecule has 1 aromatic carbocycles. The van der Waals surface area contributed by atoms with E-state index >= 15 is 0 Å². The molecule has 0 saturated carbocycles. The Morgan fingerprint density at radius 3 is 2.60 bits per heavy atom. The van der Waals surface area contributed by atoms with Crippen LogP contribution in [-0.4, -0.2) is 22.0 Å². The molecule has 20 heavy (non-hydrogen) atoms. The minimum atomic E-state index is -3.65. The minimum absolute atomic E-state index is 0.0161. The maximum atomic E-state index is 13.3. The zero-order chi connectivity index (χ0) is 15.0. The van der Waals surface area contributed by atoms with Gasteiger partial charge in [-0.3, -0.25) is 0 Å². The van der Waals surface area contributed by atoms with E-state index in [0.717, 1.165) is 31.7 Å². The Morgan fingerprint density at radius 2 is 1.95 bits per heavy atom. The Morgan fingerprint density at radius 1 is 1.20 bits per heavy atom. The molecule has 0 saturated heterocycles. The van der Waals surface area contributed by atoms with Crippen LogP contribution in [0.2, 0.25) is 0 Å². The van der Waals surface area contributed by atoms with Gasteiger partial charge in [-0.15, -0.1) is 0 Å². The number of halogens is 1. The van der Waals surface area contributed by atoms with Crippen LogP contribution in [0.5, 0.6) is 0 Å². The number of unbranched alkanes of at least 4 members (excludes halogenated alkanes) is 3. The highest BCUT2D eigenvalue weighted by molar-refractivity contribution is 7.89. The predicted octanol–water partition coefficient (Wildman–Crippen LogP) is 2.40. The molecule has 114 valence electrons. The average Bonchev–Trinajstić information content (AvgIpc) is 2.40. The van der Waals surface area contributed by atoms with Crippen LogP contribution in [0.15, 0.2) is 23.1 Å². The lowest BCUT2D eigenvalue weighted by Gasteiger charge is -2.11. The van der Waals surface area contributed by atoms with E-state index in [1.807, 2.05) is 0 Å². The van der Waals surface area contributed by atoms with E-state index in [1.54, 1.807) is 7.05 Å². The Kier molecular flexibility index (Phi) is 7.12. The Hall–Kier alpha value is -0.980. The lowest BCUT2D eigenvalue weighted by molar-refractivity contribution is 0.568. The van der Waals surface area contributed by atoms with Crippen LogP contribution in [-0.2, 0) is 16.6 Å². The van der Waals surface area contributed by atoms with Crippen molar-refractivity contribution in [3.05, 3.63) is 29.6 Å². The molecule has 0 atom stereocenters. The second-order valence-electron chi connectivity index (χ2n) is 4.74. The molecule has 0 spiro atoms. The van der Waals surface area contributed by atoms with Crippen LogP contribution in [0, 0.1) is 5.82 Å². The van der Waals surface area contributed by atoms with Crippen molar-refractivity contribution in [1.29, 1.82) is 0 Å². The van der Waals surface area contributed by atoms with E-state index in [0.29, 0.717) is 18.7 Å². The van der Waals surface area contributed by atoms with Crippen molar-refractivity contribution in [2.24, 2.45) is 0 Å². The molecule has 0 aliphatic rings. The van der Waals surface area contributed by atoms with Crippen molar-refractivity contribution in [3.63, 3.8) is 0 Å². The summed E-state index contributed by atoms with van der Waals surface area (Å²) in [6.45, 7) is 2.87. The average molecular weight is 302 g/mol. The fraction of sp³-hybridized carbons (Fsp3) is 0.571. The van der Waals surface area contributed by atoms with Gasteiger partial charge in [-0.05, 0) is 31.2 Å². The number of hydrogen-bond acceptors (Lipinski definition) is 3. The first-order valence-electron chi connectivity index (χ1n) is 6.94. The molecular formula is C14H23FN2O2S. The van der Waals surface area contributed by atoms with Gasteiger partial charge >= 0.3 is 0 Å². The molecule has 0 amide bonds. The fourth-order valence-electron chi connectivity index (χ4n) is 1.95. The van der Waals surface area contributed by atoms with Gasteiger partial charge in [-0.25, -0.2) is 17.5 Å². The molecule has 0 fully saturated rings. The number of nitrogens with one attached hydrogen (secondary N) is 2. The third kappa shape index (κ3) is 5.19. The topological polar surface area (TPSA) is 58.2 Å². The first kappa shape index (κ1) is 17.1. The van der Waals surface area contributed by atoms with Gasteiger partial charge in [0.15, 0.2) is 0 Å². The standard InChI is InChI=1S/C14H23FN2O2S/c1-3-4-5-6-9-17-20(18,19)14-10-13(15)8-7-12(14)11-16-2/h7-8,10,16-17H,3-6,9,11H2,1-2H3. The SMILES string of the molecule is CCCCCCNS(=O)(=O)c1cc(F)ccc1CNC. The van der Waals surface area contributed by atoms with E-state index < -0.39 is 15.8 Å². The zero-order valence-corrected chi connectivity index (χ0v) is 12.9. The fourth-order valence-corrected chi connectivity index (χ4v) is 3.27. The molecule has 1 rings (SSSR count). The maximum Gasteiger partial charge on any atom is 0.240 e. The van der Waals surface area contributed by atoms with Crippen LogP contribution >= 0.6 is 0 Å². The normalized spacial score (nSPS) is 11.8. The van der Waals surface area contributed by atoms with Gasteiger partial charge in [0.05, 0.1) is 4.90 Å². The Balaban J connectivity index is 2.77. The molecule has 0 aliphatic carbocycles. The molecule has 0 aromatic heterocycles. The third-order valence-corrected chi connectivity index (χ3v) is 4.55. The van der Waals surface area contributed by atoms with E-state index in [4.69, 9.17) is 0 Å². The molecule has 0 bridgehead atoms. The number of sulfonamides is 1. The predicted molar refractivity (Wildman–Crippen MR) is 78.5 cm³/mol. The highest BCUT2D eigenvalue weighted by Crippen LogP contribution is 2.17. The summed E-state index contributed by atoms with van der Waals surface area (Å²) in [5.41, 5.74) is 0.565. The smallest absolute Gasteiger partial charge is 0.240 e. The van der Waals surface area contributed by atoms with E-state index in [1.165, 1.54) is 12.1 Å². The van der Waals surface area contributed by atoms with Crippen molar-refractivity contribution in [2.75, 3.05) is 13.6 Å². The van der Waals surface area contributed by atoms with E-state index in [-0.39, 0.29) is 4.90 Å². The number of hydrogen-bond donors (Lipinski definition) is 2. The number of benzene rings is 1. The number of rotatable bonds is 9. The summed E-state index contributed by atoms with van der Waals surface area (Å²) in [6, 6.07) is 3.84. The summed E-state index contributed by atoms with van der Waals surface area (Å²) in [5, 5.41) is 2.89. The van der Waals surface area contributed by atoms with Crippen LogP contribution in [0.4, 0.5) is 4.39 Å². The summed E-state index contributed by atoms with van der Waals surface area (Å²) in [5.74, 6) is -0.545. The second kappa shape index (κ2) is 8.34. The lowest BCUT2D eigenvalue weighted by Crippen LogP contribution is -2.26. The van der Waals surface area contributed by atoms with E-state index in [9.17, 15) is 12.8 Å². The first-order valence-corrected chi connectivity index (χ1v) is 8.42. The van der Waals surface area contributed by atoms with Gasteiger partial charge in [0, 0.05) is 13.1 Å². The van der Waals surface area contributed by atoms with Gasteiger partial charge < -0.3 is 5.32 Å². The minimum Gasteiger partial charge on any atom is -0.316 e. The summed E-state index contributed by atoms with van der Waals surface area (Å²) in [4.78, 5) is 0.0161. The van der Waals surface area contributed by atoms with Crippen molar-refractivity contribution in [1.82, 2.24) is 10.0 Å². The van der Waals surface area contributed by atoms with Crippen molar-refractivity contribution < 1.29 is 12.8 Å². The molecule has 2 N–H and O–H groups in total. The Bertz CT molecular complexity index is 518. The largest absolute Gasteiger partial charge is 0.316 e. The van der Waals surface area contributed by atoms with Gasteiger partial charge in [0.25, 0.3) is 0 Å². The second-order valence-corrected chi connectivity index (χ2v) is 6.48. The van der Waals surface area contributed by atoms with Crippen LogP contribution in [0.25, 0.3) is 0 Å². The zero-order valence-electron chi connectivity index (χ0n) is 12.1. The molecular weight excluding hydrogens is 279 g/mol. The van der Waals surface area contributed by atoms with Crippen LogP contribution in [0.3, 0.4) is 0 Å². The Labute approximate surface area is 120 Å². The molecule has 0 aliphatic heterocycles. The summed E-state index contributed by atoms with van der Waals surface area (Å²) in [7, 11) is -1.93. The van der Waals surface area contributed by atoms with Crippen LogP contribution in [0.1, 0.15) is 38.2 Å².